The third-order valence-corrected chi connectivity index (χ3v) is 3.89. The van der Waals surface area contributed by atoms with Gasteiger partial charge in [-0.05, 0) is 29.3 Å². The van der Waals surface area contributed by atoms with Gasteiger partial charge in [0.1, 0.15) is 0 Å². The summed E-state index contributed by atoms with van der Waals surface area (Å²) in [7, 11) is 1.46. The molecule has 0 heterocycles. The molecule has 22 heavy (non-hydrogen) atoms. The summed E-state index contributed by atoms with van der Waals surface area (Å²) in [6.07, 6.45) is 2.88. The highest BCUT2D eigenvalue weighted by molar-refractivity contribution is 7.78. The first-order valence-corrected chi connectivity index (χ1v) is 7.47. The number of hydrogen-bond donors (Lipinski definition) is 1. The second kappa shape index (κ2) is 7.18. The first kappa shape index (κ1) is 16.2. The van der Waals surface area contributed by atoms with Crippen LogP contribution in [0.1, 0.15) is 24.0 Å². The molecule has 0 aliphatic heterocycles. The molecule has 3 nitrogen and oxygen atoms in total. The molecule has 0 aromatic heterocycles. The molecule has 0 spiro atoms. The van der Waals surface area contributed by atoms with Gasteiger partial charge in [-0.2, -0.15) is 0 Å². The van der Waals surface area contributed by atoms with Crippen molar-refractivity contribution in [3.05, 3.63) is 65.1 Å². The minimum absolute atomic E-state index is 0.215. The Bertz CT molecular complexity index is 683. The van der Waals surface area contributed by atoms with E-state index in [4.69, 9.17) is 17.0 Å². The Morgan fingerprint density at radius 3 is 2.77 bits per heavy atom. The maximum Gasteiger partial charge on any atom is 0.223 e. The number of carbonyl (C=O) groups excluding carboxylic acids is 1. The quantitative estimate of drug-likeness (QED) is 0.508. The number of carbonyl (C=O) groups is 1. The predicted molar refractivity (Wildman–Crippen MR) is 91.8 cm³/mol. The van der Waals surface area contributed by atoms with Gasteiger partial charge in [0.25, 0.3) is 0 Å². The number of methoxy groups -OCH3 is 1. The highest BCUT2D eigenvalue weighted by atomic mass is 32.1. The average Bonchev–Trinajstić information content (AvgIpc) is 2.55. The lowest BCUT2D eigenvalue weighted by atomic mass is 9.83. The summed E-state index contributed by atoms with van der Waals surface area (Å²) in [4.78, 5) is 12.3. The molecule has 0 atom stereocenters. The molecule has 1 aliphatic rings. The number of benzene rings is 1. The fraction of sp³-hybridized carbons (Fsp3) is 0.222. The Morgan fingerprint density at radius 2 is 2.14 bits per heavy atom. The minimum Gasteiger partial charge on any atom is -0.515 e. The molecule has 0 bridgehead atoms. The summed E-state index contributed by atoms with van der Waals surface area (Å²) >= 11 is 4.90. The van der Waals surface area contributed by atoms with E-state index in [0.717, 1.165) is 30.2 Å². The molecule has 0 unspecified atom stereocenters. The van der Waals surface area contributed by atoms with Crippen LogP contribution in [0.4, 0.5) is 0 Å². The fourth-order valence-electron chi connectivity index (χ4n) is 2.62. The van der Waals surface area contributed by atoms with Crippen molar-refractivity contribution in [3.63, 3.8) is 0 Å². The van der Waals surface area contributed by atoms with Crippen LogP contribution in [0.2, 0.25) is 0 Å². The van der Waals surface area contributed by atoms with Crippen molar-refractivity contribution in [1.29, 1.82) is 0 Å². The van der Waals surface area contributed by atoms with E-state index in [1.54, 1.807) is 5.37 Å². The van der Waals surface area contributed by atoms with Gasteiger partial charge in [0, 0.05) is 23.1 Å². The van der Waals surface area contributed by atoms with E-state index in [1.807, 2.05) is 24.3 Å². The van der Waals surface area contributed by atoms with Crippen LogP contribution < -0.4 is 0 Å². The molecule has 2 rings (SSSR count). The van der Waals surface area contributed by atoms with E-state index in [2.05, 4.69) is 6.58 Å². The number of aryl methyl sites for hydroxylation is 1. The Hall–Kier alpha value is -2.20. The molecular weight excluding hydrogens is 296 g/mol. The van der Waals surface area contributed by atoms with Gasteiger partial charge in [0.15, 0.2) is 5.76 Å². The number of ketones is 1. The Kier molecular flexibility index (Phi) is 5.28. The lowest BCUT2D eigenvalue weighted by Gasteiger charge is -2.23. The number of Topliss-reactive ketones (excluding diaryl/α,β-unsaturated/α-hetero) is 1. The van der Waals surface area contributed by atoms with Crippen molar-refractivity contribution < 1.29 is 14.6 Å². The van der Waals surface area contributed by atoms with Crippen molar-refractivity contribution in [2.24, 2.45) is 0 Å². The maximum atomic E-state index is 12.3. The molecule has 1 aromatic rings. The van der Waals surface area contributed by atoms with Crippen LogP contribution in [-0.2, 0) is 16.0 Å². The first-order valence-electron chi connectivity index (χ1n) is 7.00. The fourth-order valence-corrected chi connectivity index (χ4v) is 2.73. The van der Waals surface area contributed by atoms with E-state index in [0.29, 0.717) is 23.1 Å². The molecule has 114 valence electrons. The number of aliphatic hydroxyl groups excluding tert-OH is 1. The van der Waals surface area contributed by atoms with Gasteiger partial charge >= 0.3 is 0 Å². The van der Waals surface area contributed by atoms with Crippen molar-refractivity contribution in [3.8, 4) is 0 Å². The Morgan fingerprint density at radius 1 is 1.41 bits per heavy atom. The van der Waals surface area contributed by atoms with Gasteiger partial charge in [-0.1, -0.05) is 43.1 Å². The second-order valence-corrected chi connectivity index (χ2v) is 5.37. The third-order valence-electron chi connectivity index (χ3n) is 3.66. The van der Waals surface area contributed by atoms with Gasteiger partial charge in [0.2, 0.25) is 5.78 Å². The van der Waals surface area contributed by atoms with Crippen LogP contribution >= 0.6 is 12.2 Å². The minimum atomic E-state index is -0.215. The average molecular weight is 314 g/mol. The molecule has 1 aromatic carbocycles. The highest BCUT2D eigenvalue weighted by Gasteiger charge is 2.30. The van der Waals surface area contributed by atoms with Crippen molar-refractivity contribution in [1.82, 2.24) is 0 Å². The normalized spacial score (nSPS) is 17.0. The Labute approximate surface area is 135 Å². The molecular formula is C18H18O3S. The molecule has 0 saturated heterocycles. The lowest BCUT2D eigenvalue weighted by molar-refractivity contribution is -0.115. The van der Waals surface area contributed by atoms with Gasteiger partial charge in [-0.3, -0.25) is 4.79 Å². The third kappa shape index (κ3) is 3.02. The van der Waals surface area contributed by atoms with Gasteiger partial charge < -0.3 is 9.84 Å². The number of aliphatic hydroxyl groups is 1. The number of allylic oxidation sites excluding steroid dienone is 3. The van der Waals surface area contributed by atoms with Gasteiger partial charge in [-0.25, -0.2) is 0 Å². The van der Waals surface area contributed by atoms with Crippen LogP contribution in [0.5, 0.6) is 0 Å². The molecule has 0 fully saturated rings. The standard InChI is InChI=1S/C18H18O3S/c1-12-10-14(11-19)16(18(21-2)17(12)20)15-8-4-3-6-13(15)7-5-9-22/h3-4,6,8-9,11,19H,1,5,7,10H2,2H3. The molecule has 4 heteroatoms. The summed E-state index contributed by atoms with van der Waals surface area (Å²) in [5, 5.41) is 11.3. The van der Waals surface area contributed by atoms with E-state index < -0.39 is 0 Å². The summed E-state index contributed by atoms with van der Waals surface area (Å²) in [6.45, 7) is 3.76. The van der Waals surface area contributed by atoms with Crippen molar-refractivity contribution in [2.45, 2.75) is 19.3 Å². The Balaban J connectivity index is 2.65. The zero-order chi connectivity index (χ0) is 16.1. The summed E-state index contributed by atoms with van der Waals surface area (Å²) in [5.74, 6) is 0.0130. The number of thiocarbonyl (C=S) groups is 1. The number of ether oxygens (including phenoxy) is 1. The molecule has 0 radical (unpaired) electrons. The van der Waals surface area contributed by atoms with E-state index in [1.165, 1.54) is 7.11 Å². The zero-order valence-electron chi connectivity index (χ0n) is 12.5. The highest BCUT2D eigenvalue weighted by Crippen LogP contribution is 2.38. The van der Waals surface area contributed by atoms with Crippen LogP contribution in [0, 0.1) is 0 Å². The van der Waals surface area contributed by atoms with E-state index in [9.17, 15) is 9.90 Å². The number of rotatable bonds is 5. The van der Waals surface area contributed by atoms with E-state index >= 15 is 0 Å². The largest absolute Gasteiger partial charge is 0.515 e. The van der Waals surface area contributed by atoms with Gasteiger partial charge in [-0.15, -0.1) is 0 Å². The topological polar surface area (TPSA) is 46.5 Å². The molecule has 0 saturated carbocycles. The number of hydrogen-bond acceptors (Lipinski definition) is 4. The molecule has 1 aliphatic carbocycles. The van der Waals surface area contributed by atoms with Crippen molar-refractivity contribution >= 4 is 28.9 Å². The van der Waals surface area contributed by atoms with Crippen LogP contribution in [0.15, 0.2) is 54.0 Å². The van der Waals surface area contributed by atoms with Crippen molar-refractivity contribution in [2.75, 3.05) is 7.11 Å². The SMILES string of the molecule is C=C1CC(=CO)C(c2ccccc2CCC=S)=C(OC)C1=O. The van der Waals surface area contributed by atoms with Gasteiger partial charge in [0.05, 0.1) is 13.4 Å². The first-order chi connectivity index (χ1) is 10.6. The van der Waals surface area contributed by atoms with Crippen LogP contribution in [0.25, 0.3) is 5.57 Å². The smallest absolute Gasteiger partial charge is 0.223 e. The summed E-state index contributed by atoms with van der Waals surface area (Å²) < 4.78 is 5.32. The van der Waals surface area contributed by atoms with Crippen LogP contribution in [-0.4, -0.2) is 23.4 Å². The summed E-state index contributed by atoms with van der Waals surface area (Å²) in [6, 6.07) is 7.77. The lowest BCUT2D eigenvalue weighted by Crippen LogP contribution is -2.17. The molecule has 0 amide bonds. The second-order valence-electron chi connectivity index (χ2n) is 5.03. The van der Waals surface area contributed by atoms with Crippen LogP contribution in [0.3, 0.4) is 0 Å². The maximum absolute atomic E-state index is 12.3. The summed E-state index contributed by atoms with van der Waals surface area (Å²) in [5.41, 5.74) is 3.64. The van der Waals surface area contributed by atoms with E-state index in [-0.39, 0.29) is 11.5 Å². The zero-order valence-corrected chi connectivity index (χ0v) is 13.3. The monoisotopic (exact) mass is 314 g/mol. The predicted octanol–water partition coefficient (Wildman–Crippen LogP) is 3.95. The molecule has 1 N–H and O–H groups in total.